The number of carboxylic acid groups (broad SMARTS) is 1. The Morgan fingerprint density at radius 3 is 2.79 bits per heavy atom. The molecule has 0 bridgehead atoms. The highest BCUT2D eigenvalue weighted by molar-refractivity contribution is 9.13. The van der Waals surface area contributed by atoms with Gasteiger partial charge in [0.05, 0.1) is 15.7 Å². The second-order valence-corrected chi connectivity index (χ2v) is 4.22. The van der Waals surface area contributed by atoms with Crippen LogP contribution in [0.3, 0.4) is 0 Å². The Morgan fingerprint density at radius 2 is 2.29 bits per heavy atom. The Bertz CT molecular complexity index is 349. The predicted octanol–water partition coefficient (Wildman–Crippen LogP) is 2.36. The summed E-state index contributed by atoms with van der Waals surface area (Å²) in [5.41, 5.74) is 0.237. The molecule has 6 heteroatoms. The molecule has 1 N–H and O–H groups in total. The van der Waals surface area contributed by atoms with Gasteiger partial charge in [0, 0.05) is 13.7 Å². The molecule has 4 nitrogen and oxygen atoms in total. The summed E-state index contributed by atoms with van der Waals surface area (Å²) in [5, 5.41) is 8.90. The normalized spacial score (nSPS) is 10.5. The third-order valence-corrected chi connectivity index (χ3v) is 3.72. The van der Waals surface area contributed by atoms with E-state index in [0.29, 0.717) is 17.8 Å². The predicted molar refractivity (Wildman–Crippen MR) is 58.7 cm³/mol. The maximum absolute atomic E-state index is 10.8. The van der Waals surface area contributed by atoms with E-state index in [2.05, 4.69) is 31.9 Å². The van der Waals surface area contributed by atoms with Gasteiger partial charge in [-0.3, -0.25) is 0 Å². The van der Waals surface area contributed by atoms with Gasteiger partial charge in [-0.2, -0.15) is 0 Å². The molecule has 0 aliphatic rings. The van der Waals surface area contributed by atoms with Gasteiger partial charge in [-0.05, 0) is 37.9 Å². The van der Waals surface area contributed by atoms with Crippen LogP contribution in [0.25, 0.3) is 0 Å². The van der Waals surface area contributed by atoms with E-state index in [4.69, 9.17) is 9.84 Å². The monoisotopic (exact) mass is 325 g/mol. The van der Waals surface area contributed by atoms with Crippen molar-refractivity contribution >= 4 is 37.8 Å². The van der Waals surface area contributed by atoms with E-state index in [1.54, 1.807) is 17.7 Å². The Balaban J connectivity index is 3.03. The molecule has 1 aromatic rings. The molecule has 0 saturated heterocycles. The Hall–Kier alpha value is -0.330. The van der Waals surface area contributed by atoms with Crippen LogP contribution in [0, 0.1) is 0 Å². The Labute approximate surface area is 98.1 Å². The van der Waals surface area contributed by atoms with Crippen molar-refractivity contribution in [2.24, 2.45) is 0 Å². The van der Waals surface area contributed by atoms with Crippen LogP contribution in [0.4, 0.5) is 0 Å². The minimum atomic E-state index is -0.951. The summed E-state index contributed by atoms with van der Waals surface area (Å²) in [4.78, 5) is 10.8. The van der Waals surface area contributed by atoms with Gasteiger partial charge in [-0.1, -0.05) is 0 Å². The van der Waals surface area contributed by atoms with Gasteiger partial charge in [0.25, 0.3) is 0 Å². The Kier molecular flexibility index (Phi) is 4.15. The summed E-state index contributed by atoms with van der Waals surface area (Å²) >= 11 is 6.55. The van der Waals surface area contributed by atoms with Gasteiger partial charge < -0.3 is 14.4 Å². The number of rotatable bonds is 4. The third-order valence-electron chi connectivity index (χ3n) is 1.73. The van der Waals surface area contributed by atoms with E-state index in [0.717, 1.165) is 4.47 Å². The number of ether oxygens (including phenoxy) is 1. The summed E-state index contributed by atoms with van der Waals surface area (Å²) in [6.45, 7) is 0.977. The van der Waals surface area contributed by atoms with Gasteiger partial charge in [0.1, 0.15) is 5.69 Å². The second kappa shape index (κ2) is 4.95. The molecule has 0 atom stereocenters. The van der Waals surface area contributed by atoms with E-state index in [-0.39, 0.29) is 5.69 Å². The Morgan fingerprint density at radius 1 is 1.64 bits per heavy atom. The van der Waals surface area contributed by atoms with Gasteiger partial charge in [0.15, 0.2) is 0 Å². The van der Waals surface area contributed by atoms with Crippen molar-refractivity contribution in [2.45, 2.75) is 6.54 Å². The largest absolute Gasteiger partial charge is 0.477 e. The third kappa shape index (κ3) is 2.37. The fraction of sp³-hybridized carbons (Fsp3) is 0.375. The number of carboxylic acids is 1. The van der Waals surface area contributed by atoms with E-state index in [1.807, 2.05) is 0 Å². The van der Waals surface area contributed by atoms with Crippen LogP contribution >= 0.6 is 31.9 Å². The lowest BCUT2D eigenvalue weighted by atomic mass is 10.4. The van der Waals surface area contributed by atoms with Gasteiger partial charge in [-0.15, -0.1) is 0 Å². The lowest BCUT2D eigenvalue weighted by Crippen LogP contribution is -2.11. The highest BCUT2D eigenvalue weighted by Crippen LogP contribution is 2.27. The molecule has 1 aromatic heterocycles. The van der Waals surface area contributed by atoms with Gasteiger partial charge in [0.2, 0.25) is 0 Å². The van der Waals surface area contributed by atoms with Gasteiger partial charge >= 0.3 is 5.97 Å². The van der Waals surface area contributed by atoms with Crippen molar-refractivity contribution < 1.29 is 14.6 Å². The summed E-state index contributed by atoms with van der Waals surface area (Å²) in [5.74, 6) is -0.951. The lowest BCUT2D eigenvalue weighted by molar-refractivity contribution is 0.0682. The van der Waals surface area contributed by atoms with Crippen molar-refractivity contribution in [3.05, 3.63) is 20.8 Å². The van der Waals surface area contributed by atoms with Crippen molar-refractivity contribution in [2.75, 3.05) is 13.7 Å². The molecule has 0 saturated carbocycles. The van der Waals surface area contributed by atoms with E-state index < -0.39 is 5.97 Å². The molecule has 0 radical (unpaired) electrons. The van der Waals surface area contributed by atoms with E-state index in [1.165, 1.54) is 0 Å². The van der Waals surface area contributed by atoms with Gasteiger partial charge in [-0.25, -0.2) is 4.79 Å². The molecule has 1 heterocycles. The smallest absolute Gasteiger partial charge is 0.352 e. The maximum atomic E-state index is 10.8. The molecular weight excluding hydrogens is 318 g/mol. The molecule has 0 fully saturated rings. The standard InChI is InChI=1S/C8H9Br2NO3/c1-14-3-2-11-6(8(12)13)4-5(9)7(11)10/h4H,2-3H2,1H3,(H,12,13). The topological polar surface area (TPSA) is 51.5 Å². The molecule has 0 aliphatic heterocycles. The minimum Gasteiger partial charge on any atom is -0.477 e. The van der Waals surface area contributed by atoms with Crippen LogP contribution in [-0.2, 0) is 11.3 Å². The first-order chi connectivity index (χ1) is 6.57. The fourth-order valence-corrected chi connectivity index (χ4v) is 1.98. The molecule has 14 heavy (non-hydrogen) atoms. The van der Waals surface area contributed by atoms with Crippen LogP contribution in [0.5, 0.6) is 0 Å². The quantitative estimate of drug-likeness (QED) is 0.924. The number of nitrogens with zero attached hydrogens (tertiary/aromatic N) is 1. The summed E-state index contributed by atoms with van der Waals surface area (Å²) in [6, 6.07) is 1.56. The zero-order valence-electron chi connectivity index (χ0n) is 7.46. The van der Waals surface area contributed by atoms with E-state index in [9.17, 15) is 4.79 Å². The number of hydrogen-bond acceptors (Lipinski definition) is 2. The number of carbonyl (C=O) groups is 1. The van der Waals surface area contributed by atoms with Crippen LogP contribution < -0.4 is 0 Å². The first kappa shape index (κ1) is 11.7. The van der Waals surface area contributed by atoms with Crippen molar-refractivity contribution in [1.29, 1.82) is 0 Å². The maximum Gasteiger partial charge on any atom is 0.352 e. The molecule has 0 aromatic carbocycles. The number of halogens is 2. The highest BCUT2D eigenvalue weighted by atomic mass is 79.9. The molecular formula is C8H9Br2NO3. The molecule has 78 valence electrons. The summed E-state index contributed by atoms with van der Waals surface area (Å²) < 4.78 is 7.97. The van der Waals surface area contributed by atoms with E-state index >= 15 is 0 Å². The van der Waals surface area contributed by atoms with Crippen molar-refractivity contribution in [3.8, 4) is 0 Å². The molecule has 0 amide bonds. The average Bonchev–Trinajstić information content (AvgIpc) is 2.41. The number of aromatic nitrogens is 1. The minimum absolute atomic E-state index is 0.237. The number of aromatic carboxylic acids is 1. The summed E-state index contributed by atoms with van der Waals surface area (Å²) in [7, 11) is 1.58. The van der Waals surface area contributed by atoms with Crippen LogP contribution in [0.2, 0.25) is 0 Å². The van der Waals surface area contributed by atoms with Crippen LogP contribution in [-0.4, -0.2) is 29.4 Å². The number of methoxy groups -OCH3 is 1. The highest BCUT2D eigenvalue weighted by Gasteiger charge is 2.16. The molecule has 0 spiro atoms. The SMILES string of the molecule is COCCn1c(C(=O)O)cc(Br)c1Br. The summed E-state index contributed by atoms with van der Waals surface area (Å²) in [6.07, 6.45) is 0. The average molecular weight is 327 g/mol. The molecule has 0 unspecified atom stereocenters. The zero-order valence-corrected chi connectivity index (χ0v) is 10.6. The zero-order chi connectivity index (χ0) is 10.7. The van der Waals surface area contributed by atoms with Crippen molar-refractivity contribution in [3.63, 3.8) is 0 Å². The first-order valence-electron chi connectivity index (χ1n) is 3.84. The van der Waals surface area contributed by atoms with Crippen LogP contribution in [0.15, 0.2) is 15.1 Å². The number of hydrogen-bond donors (Lipinski definition) is 1. The first-order valence-corrected chi connectivity index (χ1v) is 5.43. The molecule has 0 aliphatic carbocycles. The van der Waals surface area contributed by atoms with Crippen LogP contribution in [0.1, 0.15) is 10.5 Å². The van der Waals surface area contributed by atoms with Crippen molar-refractivity contribution in [1.82, 2.24) is 4.57 Å². The molecule has 1 rings (SSSR count). The second-order valence-electron chi connectivity index (χ2n) is 2.62. The fourth-order valence-electron chi connectivity index (χ4n) is 1.07. The lowest BCUT2D eigenvalue weighted by Gasteiger charge is -2.06.